The highest BCUT2D eigenvalue weighted by atomic mass is 16.5. The van der Waals surface area contributed by atoms with Gasteiger partial charge in [0.15, 0.2) is 5.96 Å². The molecule has 0 bridgehead atoms. The van der Waals surface area contributed by atoms with Crippen molar-refractivity contribution >= 4 is 5.96 Å². The number of methoxy groups -OCH3 is 2. The summed E-state index contributed by atoms with van der Waals surface area (Å²) < 4.78 is 16.4. The van der Waals surface area contributed by atoms with Gasteiger partial charge in [0, 0.05) is 38.4 Å². The summed E-state index contributed by atoms with van der Waals surface area (Å²) in [6, 6.07) is 5.79. The fraction of sp³-hybridized carbons (Fsp3) is 0.632. The molecular formula is C19H33N3O3. The van der Waals surface area contributed by atoms with Crippen LogP contribution in [-0.4, -0.2) is 46.5 Å². The van der Waals surface area contributed by atoms with Crippen molar-refractivity contribution in [3.05, 3.63) is 23.8 Å². The minimum atomic E-state index is 0.261. The smallest absolute Gasteiger partial charge is 0.191 e. The highest BCUT2D eigenvalue weighted by molar-refractivity contribution is 5.79. The standard InChI is InChI=1S/C19H33N3O3/c1-7-25-17(14(2)3)10-11-21-19(20-4)22-13-15-8-9-16(23-5)12-18(15)24-6/h8-9,12,14,17H,7,10-11,13H2,1-6H3,(H2,20,21,22). The van der Waals surface area contributed by atoms with E-state index in [9.17, 15) is 0 Å². The number of nitrogens with one attached hydrogen (secondary N) is 2. The maximum absolute atomic E-state index is 5.77. The molecule has 0 amide bonds. The molecule has 0 fully saturated rings. The van der Waals surface area contributed by atoms with E-state index in [1.54, 1.807) is 21.3 Å². The zero-order valence-electron chi connectivity index (χ0n) is 16.4. The lowest BCUT2D eigenvalue weighted by Gasteiger charge is -2.21. The van der Waals surface area contributed by atoms with Crippen molar-refractivity contribution in [1.29, 1.82) is 0 Å². The minimum absolute atomic E-state index is 0.261. The molecular weight excluding hydrogens is 318 g/mol. The van der Waals surface area contributed by atoms with Gasteiger partial charge in [0.05, 0.1) is 20.3 Å². The van der Waals surface area contributed by atoms with Crippen molar-refractivity contribution in [3.63, 3.8) is 0 Å². The second kappa shape index (κ2) is 11.6. The van der Waals surface area contributed by atoms with Crippen molar-refractivity contribution < 1.29 is 14.2 Å². The Kier molecular flexibility index (Phi) is 9.77. The molecule has 25 heavy (non-hydrogen) atoms. The van der Waals surface area contributed by atoms with Gasteiger partial charge in [-0.1, -0.05) is 13.8 Å². The second-order valence-electron chi connectivity index (χ2n) is 6.06. The second-order valence-corrected chi connectivity index (χ2v) is 6.06. The Hall–Kier alpha value is -1.95. The van der Waals surface area contributed by atoms with Crippen molar-refractivity contribution in [2.24, 2.45) is 10.9 Å². The van der Waals surface area contributed by atoms with E-state index in [2.05, 4.69) is 29.5 Å². The van der Waals surface area contributed by atoms with E-state index in [4.69, 9.17) is 14.2 Å². The van der Waals surface area contributed by atoms with E-state index in [1.165, 1.54) is 0 Å². The van der Waals surface area contributed by atoms with Crippen LogP contribution < -0.4 is 20.1 Å². The molecule has 0 saturated heterocycles. The predicted octanol–water partition coefficient (Wildman–Crippen LogP) is 2.82. The zero-order valence-corrected chi connectivity index (χ0v) is 16.4. The summed E-state index contributed by atoms with van der Waals surface area (Å²) in [6.07, 6.45) is 1.20. The van der Waals surface area contributed by atoms with Crippen LogP contribution in [-0.2, 0) is 11.3 Å². The van der Waals surface area contributed by atoms with Crippen molar-refractivity contribution in [3.8, 4) is 11.5 Å². The monoisotopic (exact) mass is 351 g/mol. The molecule has 0 aliphatic carbocycles. The third-order valence-electron chi connectivity index (χ3n) is 4.01. The Morgan fingerprint density at radius 1 is 1.16 bits per heavy atom. The van der Waals surface area contributed by atoms with Crippen molar-refractivity contribution in [2.45, 2.75) is 39.8 Å². The average Bonchev–Trinajstić information content (AvgIpc) is 2.63. The zero-order chi connectivity index (χ0) is 18.7. The highest BCUT2D eigenvalue weighted by Crippen LogP contribution is 2.24. The molecule has 0 aliphatic rings. The molecule has 142 valence electrons. The first-order chi connectivity index (χ1) is 12.0. The van der Waals surface area contributed by atoms with Crippen LogP contribution in [0.5, 0.6) is 11.5 Å². The fourth-order valence-electron chi connectivity index (χ4n) is 2.55. The first kappa shape index (κ1) is 21.1. The van der Waals surface area contributed by atoms with Crippen LogP contribution >= 0.6 is 0 Å². The number of benzene rings is 1. The average molecular weight is 351 g/mol. The molecule has 1 aromatic rings. The molecule has 6 nitrogen and oxygen atoms in total. The molecule has 2 N–H and O–H groups in total. The largest absolute Gasteiger partial charge is 0.497 e. The summed E-state index contributed by atoms with van der Waals surface area (Å²) in [7, 11) is 5.07. The van der Waals surface area contributed by atoms with Crippen LogP contribution in [0.15, 0.2) is 23.2 Å². The molecule has 1 aromatic carbocycles. The number of guanidine groups is 1. The summed E-state index contributed by atoms with van der Waals surface area (Å²) in [6.45, 7) is 8.57. The maximum Gasteiger partial charge on any atom is 0.191 e. The highest BCUT2D eigenvalue weighted by Gasteiger charge is 2.13. The summed E-state index contributed by atoms with van der Waals surface area (Å²) in [5, 5.41) is 6.65. The quantitative estimate of drug-likeness (QED) is 0.501. The molecule has 0 spiro atoms. The van der Waals surface area contributed by atoms with Gasteiger partial charge in [-0.15, -0.1) is 0 Å². The summed E-state index contributed by atoms with van der Waals surface area (Å²) in [4.78, 5) is 4.27. The number of hydrogen-bond acceptors (Lipinski definition) is 4. The van der Waals surface area contributed by atoms with Crippen LogP contribution in [0.4, 0.5) is 0 Å². The van der Waals surface area contributed by atoms with Gasteiger partial charge in [-0.2, -0.15) is 0 Å². The SMILES string of the molecule is CCOC(CCNC(=NC)NCc1ccc(OC)cc1OC)C(C)C. The fourth-order valence-corrected chi connectivity index (χ4v) is 2.55. The molecule has 0 aliphatic heterocycles. The van der Waals surface area contributed by atoms with E-state index in [1.807, 2.05) is 25.1 Å². The molecule has 1 rings (SSSR count). The Morgan fingerprint density at radius 3 is 2.48 bits per heavy atom. The predicted molar refractivity (Wildman–Crippen MR) is 103 cm³/mol. The molecule has 0 aromatic heterocycles. The third-order valence-corrected chi connectivity index (χ3v) is 4.01. The van der Waals surface area contributed by atoms with Gasteiger partial charge in [0.25, 0.3) is 0 Å². The van der Waals surface area contributed by atoms with Crippen molar-refractivity contribution in [2.75, 3.05) is 34.4 Å². The Morgan fingerprint density at radius 2 is 1.92 bits per heavy atom. The lowest BCUT2D eigenvalue weighted by molar-refractivity contribution is 0.0258. The van der Waals surface area contributed by atoms with Crippen LogP contribution in [0.1, 0.15) is 32.8 Å². The Bertz CT molecular complexity index is 533. The molecule has 1 atom stereocenters. The van der Waals surface area contributed by atoms with Gasteiger partial charge in [-0.3, -0.25) is 4.99 Å². The Balaban J connectivity index is 2.52. The minimum Gasteiger partial charge on any atom is -0.497 e. The van der Waals surface area contributed by atoms with E-state index >= 15 is 0 Å². The molecule has 6 heteroatoms. The summed E-state index contributed by atoms with van der Waals surface area (Å²) in [5.41, 5.74) is 1.04. The molecule has 0 radical (unpaired) electrons. The lowest BCUT2D eigenvalue weighted by Crippen LogP contribution is -2.39. The van der Waals surface area contributed by atoms with Crippen LogP contribution in [0.2, 0.25) is 0 Å². The van der Waals surface area contributed by atoms with Gasteiger partial charge >= 0.3 is 0 Å². The van der Waals surface area contributed by atoms with E-state index in [0.29, 0.717) is 12.5 Å². The first-order valence-electron chi connectivity index (χ1n) is 8.82. The number of aliphatic imine (C=N–C) groups is 1. The number of ether oxygens (including phenoxy) is 3. The maximum atomic E-state index is 5.77. The van der Waals surface area contributed by atoms with E-state index < -0.39 is 0 Å². The van der Waals surface area contributed by atoms with Gasteiger partial charge in [0.2, 0.25) is 0 Å². The van der Waals surface area contributed by atoms with Crippen LogP contribution in [0.25, 0.3) is 0 Å². The lowest BCUT2D eigenvalue weighted by atomic mass is 10.0. The van der Waals surface area contributed by atoms with Gasteiger partial charge in [-0.25, -0.2) is 0 Å². The van der Waals surface area contributed by atoms with Crippen LogP contribution in [0, 0.1) is 5.92 Å². The van der Waals surface area contributed by atoms with Gasteiger partial charge < -0.3 is 24.8 Å². The summed E-state index contributed by atoms with van der Waals surface area (Å²) in [5.74, 6) is 2.83. The molecule has 0 heterocycles. The molecule has 1 unspecified atom stereocenters. The van der Waals surface area contributed by atoms with Gasteiger partial charge in [-0.05, 0) is 31.4 Å². The number of nitrogens with zero attached hydrogens (tertiary/aromatic N) is 1. The topological polar surface area (TPSA) is 64.1 Å². The third kappa shape index (κ3) is 7.22. The van der Waals surface area contributed by atoms with Crippen molar-refractivity contribution in [1.82, 2.24) is 10.6 Å². The van der Waals surface area contributed by atoms with Crippen LogP contribution in [0.3, 0.4) is 0 Å². The Labute approximate surface area is 152 Å². The number of hydrogen-bond donors (Lipinski definition) is 2. The van der Waals surface area contributed by atoms with E-state index in [-0.39, 0.29) is 6.10 Å². The molecule has 0 saturated carbocycles. The normalized spacial score (nSPS) is 12.8. The van der Waals surface area contributed by atoms with Gasteiger partial charge in [0.1, 0.15) is 11.5 Å². The summed E-state index contributed by atoms with van der Waals surface area (Å²) >= 11 is 0. The van der Waals surface area contributed by atoms with E-state index in [0.717, 1.165) is 42.6 Å². The number of rotatable bonds is 10. The first-order valence-corrected chi connectivity index (χ1v) is 8.82.